The van der Waals surface area contributed by atoms with E-state index in [0.717, 1.165) is 90.8 Å². The number of aliphatic imine (C=N–C) groups is 1. The number of aromatic nitrogens is 2. The van der Waals surface area contributed by atoms with Crippen molar-refractivity contribution in [1.29, 1.82) is 0 Å². The molecule has 1 aromatic heterocycles. The van der Waals surface area contributed by atoms with Gasteiger partial charge in [-0.2, -0.15) is 0 Å². The van der Waals surface area contributed by atoms with Gasteiger partial charge < -0.3 is 92.3 Å². The molecule has 31 heteroatoms. The SMILES string of the molecule is CCCCCCCCCCCCNC(=O)NC[C@H]1O[C@H](OC(C2C(=O)N(CCCCCCCCCCCC)C(=O)N2CCCNC(=O)C(NC(=O)C(NC(=O)NC(C(=O)O)C(C)C)C2CCN=C(N)N2)C(O)C(C)C)[C@H]2O[C@@H](n3ccc(=O)[nH]c3=O)[C@H](O)[C@@H]2O)[C@H](OC)[C@H]1O. The summed E-state index contributed by atoms with van der Waals surface area (Å²) >= 11 is 0. The number of aromatic amines is 1. The molecule has 31 nitrogen and oxygen atoms in total. The van der Waals surface area contributed by atoms with Crippen LogP contribution in [-0.4, -0.2) is 224 Å². The highest BCUT2D eigenvalue weighted by atomic mass is 16.7. The second-order valence-electron chi connectivity index (χ2n) is 26.1. The molecule has 15 atom stereocenters. The van der Waals surface area contributed by atoms with Crippen LogP contribution in [0.2, 0.25) is 0 Å². The fourth-order valence-electron chi connectivity index (χ4n) is 12.4. The second kappa shape index (κ2) is 40.9. The Morgan fingerprint density at radius 3 is 1.87 bits per heavy atom. The third kappa shape index (κ3) is 23.9. The molecule has 4 aliphatic rings. The Kier molecular flexibility index (Phi) is 34.1. The molecule has 15 N–H and O–H groups in total. The molecule has 540 valence electrons. The molecule has 0 spiro atoms. The molecule has 5 rings (SSSR count). The van der Waals surface area contributed by atoms with Gasteiger partial charge in [-0.15, -0.1) is 0 Å². The van der Waals surface area contributed by atoms with Gasteiger partial charge in [0.25, 0.3) is 11.5 Å². The second-order valence-corrected chi connectivity index (χ2v) is 26.1. The summed E-state index contributed by atoms with van der Waals surface area (Å²) in [5.74, 6) is -5.22. The number of rotatable bonds is 44. The summed E-state index contributed by atoms with van der Waals surface area (Å²) in [5, 5.41) is 75.1. The molecule has 0 aromatic carbocycles. The molecule has 0 radical (unpaired) electrons. The topological polar surface area (TPSA) is 441 Å². The van der Waals surface area contributed by atoms with Crippen LogP contribution in [0.25, 0.3) is 0 Å². The third-order valence-electron chi connectivity index (χ3n) is 18.0. The number of carbonyl (C=O) groups is 7. The first-order valence-corrected chi connectivity index (χ1v) is 34.6. The van der Waals surface area contributed by atoms with Gasteiger partial charge in [0.1, 0.15) is 66.9 Å². The number of methoxy groups -OCH3 is 1. The van der Waals surface area contributed by atoms with E-state index in [4.69, 9.17) is 24.7 Å². The zero-order valence-corrected chi connectivity index (χ0v) is 56.7. The summed E-state index contributed by atoms with van der Waals surface area (Å²) in [6.07, 6.45) is 5.54. The Balaban J connectivity index is 1.40. The van der Waals surface area contributed by atoms with E-state index in [-0.39, 0.29) is 51.5 Å². The number of hydrogen-bond donors (Lipinski definition) is 14. The Hall–Kier alpha value is -6.48. The first-order chi connectivity index (χ1) is 45.4. The predicted molar refractivity (Wildman–Crippen MR) is 350 cm³/mol. The molecule has 0 aliphatic carbocycles. The van der Waals surface area contributed by atoms with Crippen molar-refractivity contribution in [3.05, 3.63) is 33.1 Å². The number of carbonyl (C=O) groups excluding carboxylic acids is 6. The highest BCUT2D eigenvalue weighted by Crippen LogP contribution is 2.38. The number of nitrogens with one attached hydrogen (secondary N) is 8. The molecule has 1 aromatic rings. The quantitative estimate of drug-likeness (QED) is 0.0328. The zero-order chi connectivity index (χ0) is 69.7. The van der Waals surface area contributed by atoms with Crippen LogP contribution in [0.4, 0.5) is 14.4 Å². The summed E-state index contributed by atoms with van der Waals surface area (Å²) in [6.45, 7) is 10.4. The van der Waals surface area contributed by atoms with Crippen molar-refractivity contribution in [2.75, 3.05) is 46.4 Å². The van der Waals surface area contributed by atoms with Gasteiger partial charge in [0.15, 0.2) is 18.5 Å². The molecule has 4 aliphatic heterocycles. The molecule has 0 bridgehead atoms. The first-order valence-electron chi connectivity index (χ1n) is 34.6. The van der Waals surface area contributed by atoms with Gasteiger partial charge in [0.05, 0.1) is 12.1 Å². The maximum absolute atomic E-state index is 15.2. The van der Waals surface area contributed by atoms with E-state index in [0.29, 0.717) is 19.4 Å². The van der Waals surface area contributed by atoms with Gasteiger partial charge in [-0.25, -0.2) is 24.0 Å². The number of imide groups is 1. The normalized spacial score (nSPS) is 24.4. The number of ether oxygens (including phenoxy) is 4. The molecule has 7 unspecified atom stereocenters. The van der Waals surface area contributed by atoms with E-state index >= 15 is 4.79 Å². The molecule has 3 fully saturated rings. The summed E-state index contributed by atoms with van der Waals surface area (Å²) in [6, 6.07) is -8.49. The molecule has 3 saturated heterocycles. The van der Waals surface area contributed by atoms with E-state index in [2.05, 4.69) is 61.0 Å². The number of aliphatic hydroxyl groups is 4. The zero-order valence-electron chi connectivity index (χ0n) is 56.7. The van der Waals surface area contributed by atoms with Crippen LogP contribution in [0.3, 0.4) is 0 Å². The maximum Gasteiger partial charge on any atom is 0.330 e. The minimum atomic E-state index is -1.97. The highest BCUT2D eigenvalue weighted by molar-refractivity contribution is 6.04. The number of H-pyrrole nitrogens is 1. The highest BCUT2D eigenvalue weighted by Gasteiger charge is 2.59. The standard InChI is InChI=1S/C64H111N13O18/c1-8-10-12-14-16-18-20-22-24-26-31-68-61(88)69-37-41-48(80)53(92-7)59(93-41)95-51(52-49(81)50(82)57(94-52)77-36-30-42(78)71-63(77)90)46-56(85)76(34-27-25-23-21-19-17-15-13-11-9-2)64(91)75(46)35-28-32-66-54(83)45(47(79)39(5)6)72-55(84)44(40-29-33-67-60(65)70-40)74-62(89)73-43(38(3)4)58(86)87/h30,36,38-41,43-53,57,59,79-82H,8-29,31-35,37H2,1-7H3,(H,66,83)(H,72,84)(H,86,87)(H3,65,67,70)(H2,68,69,88)(H,71,78,90)(H2,73,74,89)/t40?,41-,43?,44?,45?,46?,47?,48+,49+,50-,51?,52+,53-,57-,59-/m1/s1. The van der Waals surface area contributed by atoms with Crippen molar-refractivity contribution >= 4 is 47.7 Å². The van der Waals surface area contributed by atoms with Crippen LogP contribution in [0, 0.1) is 11.8 Å². The number of hydrogen-bond acceptors (Lipinski definition) is 20. The third-order valence-corrected chi connectivity index (χ3v) is 18.0. The van der Waals surface area contributed by atoms with Crippen LogP contribution in [-0.2, 0) is 38.1 Å². The molecular weight excluding hydrogens is 1240 g/mol. The van der Waals surface area contributed by atoms with Gasteiger partial charge in [-0.1, -0.05) is 157 Å². The number of carboxylic acids is 1. The van der Waals surface area contributed by atoms with E-state index < -0.39 is 156 Å². The Labute approximate surface area is 556 Å². The monoisotopic (exact) mass is 1350 g/mol. The Morgan fingerprint density at radius 1 is 0.705 bits per heavy atom. The molecule has 9 amide bonds. The van der Waals surface area contributed by atoms with Crippen LogP contribution >= 0.6 is 0 Å². The predicted octanol–water partition coefficient (Wildman–Crippen LogP) is 1.88. The fraction of sp³-hybridized carbons (Fsp3) is 0.812. The van der Waals surface area contributed by atoms with Crippen molar-refractivity contribution in [3.8, 4) is 0 Å². The molecule has 95 heavy (non-hydrogen) atoms. The summed E-state index contributed by atoms with van der Waals surface area (Å²) in [5.41, 5.74) is 4.17. The summed E-state index contributed by atoms with van der Waals surface area (Å²) < 4.78 is 25.7. The van der Waals surface area contributed by atoms with Crippen molar-refractivity contribution < 1.29 is 78.0 Å². The number of carboxylic acid groups (broad SMARTS) is 1. The molecular formula is C64H111N13O18. The Bertz CT molecular complexity index is 2720. The number of unbranched alkanes of at least 4 members (excludes halogenated alkanes) is 18. The van der Waals surface area contributed by atoms with E-state index in [9.17, 15) is 63.9 Å². The maximum atomic E-state index is 15.2. The minimum Gasteiger partial charge on any atom is -0.480 e. The molecule has 0 saturated carbocycles. The van der Waals surface area contributed by atoms with E-state index in [1.54, 1.807) is 27.7 Å². The number of urea groups is 3. The number of nitrogens with zero attached hydrogens (tertiary/aromatic N) is 4. The summed E-state index contributed by atoms with van der Waals surface area (Å²) in [7, 11) is 1.26. The van der Waals surface area contributed by atoms with Crippen LogP contribution in [0.15, 0.2) is 26.8 Å². The largest absolute Gasteiger partial charge is 0.480 e. The smallest absolute Gasteiger partial charge is 0.330 e. The summed E-state index contributed by atoms with van der Waals surface area (Å²) in [4.78, 5) is 131. The van der Waals surface area contributed by atoms with Crippen LogP contribution in [0.5, 0.6) is 0 Å². The number of nitrogens with two attached hydrogens (primary N) is 1. The van der Waals surface area contributed by atoms with E-state index in [1.807, 2.05) is 0 Å². The average molecular weight is 1350 g/mol. The van der Waals surface area contributed by atoms with Crippen molar-refractivity contribution in [2.24, 2.45) is 22.6 Å². The van der Waals surface area contributed by atoms with Crippen molar-refractivity contribution in [3.63, 3.8) is 0 Å². The average Bonchev–Trinajstić information content (AvgIpc) is 1.60. The van der Waals surface area contributed by atoms with Gasteiger partial charge in [-0.05, 0) is 37.5 Å². The number of aliphatic carboxylic acids is 1. The van der Waals surface area contributed by atoms with Gasteiger partial charge in [-0.3, -0.25) is 38.6 Å². The number of amides is 9. The molecule has 5 heterocycles. The number of guanidine groups is 1. The van der Waals surface area contributed by atoms with Gasteiger partial charge >= 0.3 is 29.8 Å². The lowest BCUT2D eigenvalue weighted by atomic mass is 9.97. The lowest BCUT2D eigenvalue weighted by molar-refractivity contribution is -0.233. The lowest BCUT2D eigenvalue weighted by Gasteiger charge is -2.36. The van der Waals surface area contributed by atoms with Crippen LogP contribution < -0.4 is 54.2 Å². The first kappa shape index (κ1) is 79.2. The lowest BCUT2D eigenvalue weighted by Crippen LogP contribution is -2.66. The minimum absolute atomic E-state index is 0.0433. The van der Waals surface area contributed by atoms with Crippen molar-refractivity contribution in [2.45, 2.75) is 274 Å². The van der Waals surface area contributed by atoms with Gasteiger partial charge in [0, 0.05) is 58.6 Å². The van der Waals surface area contributed by atoms with Crippen LogP contribution in [0.1, 0.15) is 189 Å². The van der Waals surface area contributed by atoms with Gasteiger partial charge in [0.2, 0.25) is 11.8 Å². The number of aliphatic hydroxyl groups excluding tert-OH is 4. The Morgan fingerprint density at radius 2 is 1.31 bits per heavy atom. The van der Waals surface area contributed by atoms with Crippen molar-refractivity contribution in [1.82, 2.24) is 56.6 Å². The van der Waals surface area contributed by atoms with E-state index in [1.165, 1.54) is 58.5 Å². The fourth-order valence-corrected chi connectivity index (χ4v) is 12.4.